The molecule has 0 aliphatic heterocycles. The molecule has 0 bridgehead atoms. The summed E-state index contributed by atoms with van der Waals surface area (Å²) in [4.78, 5) is 0. The van der Waals surface area contributed by atoms with Crippen LogP contribution >= 0.6 is 22.6 Å². The van der Waals surface area contributed by atoms with E-state index >= 15 is 0 Å². The number of nitrogens with zero attached hydrogens (tertiary/aromatic N) is 1. The van der Waals surface area contributed by atoms with Gasteiger partial charge in [-0.05, 0) is 28.2 Å². The lowest BCUT2D eigenvalue weighted by Gasteiger charge is -2.04. The second kappa shape index (κ2) is 7.10. The summed E-state index contributed by atoms with van der Waals surface area (Å²) in [6, 6.07) is 8.88. The molecule has 0 fully saturated rings. The molecule has 0 spiro atoms. The van der Waals surface area contributed by atoms with Crippen molar-refractivity contribution in [3.63, 3.8) is 0 Å². The fourth-order valence-corrected chi connectivity index (χ4v) is 1.01. The van der Waals surface area contributed by atoms with E-state index in [2.05, 4.69) is 9.85 Å². The number of rotatable bonds is 4. The monoisotopic (exact) mass is 313 g/mol. The minimum absolute atomic E-state index is 0.164. The van der Waals surface area contributed by atoms with Gasteiger partial charge in [-0.1, -0.05) is 5.92 Å². The van der Waals surface area contributed by atoms with E-state index in [4.69, 9.17) is 14.7 Å². The van der Waals surface area contributed by atoms with E-state index in [1.165, 1.54) is 0 Å². The summed E-state index contributed by atoms with van der Waals surface area (Å²) in [5.74, 6) is 3.42. The molecule has 0 aromatic heterocycles. The van der Waals surface area contributed by atoms with Crippen molar-refractivity contribution in [2.45, 2.75) is 0 Å². The summed E-state index contributed by atoms with van der Waals surface area (Å²) >= 11 is 1.95. The molecule has 3 nitrogen and oxygen atoms in total. The zero-order valence-electron chi connectivity index (χ0n) is 7.87. The molecule has 0 heterocycles. The normalized spacial score (nSPS) is 8.53. The van der Waals surface area contributed by atoms with E-state index in [9.17, 15) is 0 Å². The summed E-state index contributed by atoms with van der Waals surface area (Å²) in [5, 5.41) is 8.57. The third-order valence-corrected chi connectivity index (χ3v) is 1.91. The van der Waals surface area contributed by atoms with Crippen molar-refractivity contribution in [3.8, 4) is 21.7 Å². The van der Waals surface area contributed by atoms with Gasteiger partial charge in [0.05, 0.1) is 11.6 Å². The zero-order chi connectivity index (χ0) is 10.9. The molecule has 0 aliphatic rings. The molecule has 0 amide bonds. The fourth-order valence-electron chi connectivity index (χ4n) is 0.855. The molecule has 0 saturated heterocycles. The number of hydrogen-bond acceptors (Lipinski definition) is 3. The summed E-state index contributed by atoms with van der Waals surface area (Å²) in [7, 11) is 0. The Labute approximate surface area is 102 Å². The summed E-state index contributed by atoms with van der Waals surface area (Å²) < 4.78 is 13.0. The van der Waals surface area contributed by atoms with Crippen molar-refractivity contribution in [3.05, 3.63) is 29.8 Å². The Morgan fingerprint density at radius 1 is 1.27 bits per heavy atom. The highest BCUT2D eigenvalue weighted by molar-refractivity contribution is 14.1. The van der Waals surface area contributed by atoms with Gasteiger partial charge in [0, 0.05) is 22.6 Å². The quantitative estimate of drug-likeness (QED) is 0.371. The van der Waals surface area contributed by atoms with Crippen LogP contribution in [-0.2, 0) is 4.74 Å². The lowest BCUT2D eigenvalue weighted by Crippen LogP contribution is -2.02. The third kappa shape index (κ3) is 4.68. The SMILES string of the molecule is N#Cc1ccc(OCOCC#CI)cc1. The molecular formula is C11H8INO2. The predicted octanol–water partition coefficient (Wildman–Crippen LogP) is 2.31. The molecule has 0 aliphatic carbocycles. The first-order valence-electron chi connectivity index (χ1n) is 4.16. The van der Waals surface area contributed by atoms with Crippen LogP contribution < -0.4 is 4.74 Å². The number of hydrogen-bond donors (Lipinski definition) is 0. The van der Waals surface area contributed by atoms with Crippen molar-refractivity contribution >= 4 is 22.6 Å². The maximum atomic E-state index is 8.57. The lowest BCUT2D eigenvalue weighted by atomic mass is 10.2. The Morgan fingerprint density at radius 3 is 2.60 bits per heavy atom. The number of nitriles is 1. The Balaban J connectivity index is 2.31. The Hall–Kier alpha value is -1.24. The van der Waals surface area contributed by atoms with Crippen molar-refractivity contribution in [1.29, 1.82) is 5.26 Å². The molecule has 1 rings (SSSR count). The molecule has 4 heteroatoms. The van der Waals surface area contributed by atoms with E-state index in [0.29, 0.717) is 17.9 Å². The molecule has 15 heavy (non-hydrogen) atoms. The first-order chi connectivity index (χ1) is 7.36. The number of halogens is 1. The predicted molar refractivity (Wildman–Crippen MR) is 64.4 cm³/mol. The number of ether oxygens (including phenoxy) is 2. The van der Waals surface area contributed by atoms with Crippen LogP contribution in [0.25, 0.3) is 0 Å². The van der Waals surface area contributed by atoms with E-state index < -0.39 is 0 Å². The van der Waals surface area contributed by atoms with Crippen LogP contribution in [-0.4, -0.2) is 13.4 Å². The van der Waals surface area contributed by atoms with Crippen molar-refractivity contribution in [2.24, 2.45) is 0 Å². The average Bonchev–Trinajstić information content (AvgIpc) is 2.30. The van der Waals surface area contributed by atoms with Gasteiger partial charge in [-0.3, -0.25) is 0 Å². The fraction of sp³-hybridized carbons (Fsp3) is 0.182. The van der Waals surface area contributed by atoms with Gasteiger partial charge >= 0.3 is 0 Å². The maximum absolute atomic E-state index is 8.57. The highest BCUT2D eigenvalue weighted by atomic mass is 127. The summed E-state index contributed by atoms with van der Waals surface area (Å²) in [5.41, 5.74) is 0.610. The molecule has 0 unspecified atom stereocenters. The molecule has 1 aromatic rings. The largest absolute Gasteiger partial charge is 0.468 e. The van der Waals surface area contributed by atoms with Crippen LogP contribution in [0.3, 0.4) is 0 Å². The first kappa shape index (κ1) is 11.8. The van der Waals surface area contributed by atoms with Crippen molar-refractivity contribution < 1.29 is 9.47 Å². The molecular weight excluding hydrogens is 305 g/mol. The maximum Gasteiger partial charge on any atom is 0.190 e. The summed E-state index contributed by atoms with van der Waals surface area (Å²) in [6.45, 7) is 0.524. The van der Waals surface area contributed by atoms with Gasteiger partial charge in [0.1, 0.15) is 12.4 Å². The van der Waals surface area contributed by atoms with Crippen molar-refractivity contribution in [1.82, 2.24) is 0 Å². The average molecular weight is 313 g/mol. The van der Waals surface area contributed by atoms with Crippen LogP contribution in [0.4, 0.5) is 0 Å². The molecule has 0 atom stereocenters. The first-order valence-corrected chi connectivity index (χ1v) is 5.24. The standard InChI is InChI=1S/C11H8INO2/c12-6-1-7-14-9-15-11-4-2-10(8-13)3-5-11/h2-5H,7,9H2. The highest BCUT2D eigenvalue weighted by Crippen LogP contribution is 2.11. The van der Waals surface area contributed by atoms with Gasteiger partial charge in [0.25, 0.3) is 0 Å². The molecule has 1 aromatic carbocycles. The van der Waals surface area contributed by atoms with Gasteiger partial charge in [0.15, 0.2) is 6.79 Å². The van der Waals surface area contributed by atoms with Crippen LogP contribution in [0.15, 0.2) is 24.3 Å². The van der Waals surface area contributed by atoms with E-state index in [1.54, 1.807) is 24.3 Å². The topological polar surface area (TPSA) is 42.2 Å². The van der Waals surface area contributed by atoms with E-state index in [0.717, 1.165) is 0 Å². The third-order valence-electron chi connectivity index (χ3n) is 1.53. The molecule has 76 valence electrons. The van der Waals surface area contributed by atoms with Gasteiger partial charge < -0.3 is 9.47 Å². The van der Waals surface area contributed by atoms with Gasteiger partial charge in [0.2, 0.25) is 0 Å². The Kier molecular flexibility index (Phi) is 5.60. The zero-order valence-corrected chi connectivity index (χ0v) is 10.0. The highest BCUT2D eigenvalue weighted by Gasteiger charge is 1.93. The van der Waals surface area contributed by atoms with Gasteiger partial charge in [-0.2, -0.15) is 5.26 Å². The van der Waals surface area contributed by atoms with Gasteiger partial charge in [-0.15, -0.1) is 0 Å². The van der Waals surface area contributed by atoms with Gasteiger partial charge in [-0.25, -0.2) is 0 Å². The smallest absolute Gasteiger partial charge is 0.190 e. The van der Waals surface area contributed by atoms with E-state index in [1.807, 2.05) is 28.7 Å². The minimum Gasteiger partial charge on any atom is -0.468 e. The minimum atomic E-state index is 0.164. The Morgan fingerprint density at radius 2 is 2.00 bits per heavy atom. The van der Waals surface area contributed by atoms with Crippen LogP contribution in [0.1, 0.15) is 5.56 Å². The van der Waals surface area contributed by atoms with E-state index in [-0.39, 0.29) is 6.79 Å². The Bertz CT molecular complexity index is 397. The molecule has 0 radical (unpaired) electrons. The van der Waals surface area contributed by atoms with Crippen LogP contribution in [0.2, 0.25) is 0 Å². The second-order valence-corrected chi connectivity index (χ2v) is 3.06. The van der Waals surface area contributed by atoms with Crippen LogP contribution in [0.5, 0.6) is 5.75 Å². The molecule has 0 N–H and O–H groups in total. The summed E-state index contributed by atoms with van der Waals surface area (Å²) in [6.07, 6.45) is 0. The molecule has 0 saturated carbocycles. The number of benzene rings is 1. The van der Waals surface area contributed by atoms with Crippen LogP contribution in [0, 0.1) is 21.2 Å². The lowest BCUT2D eigenvalue weighted by molar-refractivity contribution is 0.0333. The van der Waals surface area contributed by atoms with Crippen molar-refractivity contribution in [2.75, 3.05) is 13.4 Å². The second-order valence-electron chi connectivity index (χ2n) is 2.52.